The summed E-state index contributed by atoms with van der Waals surface area (Å²) in [6.45, 7) is 11.5. The number of nitrogens with one attached hydrogen (secondary N) is 3. The number of likely N-dealkylation sites (N-methyl/N-ethyl adjacent to an activating group) is 1. The fraction of sp³-hybridized carbons (Fsp3) is 0.349. The molecule has 0 bridgehead atoms. The zero-order valence-electron chi connectivity index (χ0n) is 33.6. The van der Waals surface area contributed by atoms with Gasteiger partial charge in [0.2, 0.25) is 5.88 Å². The normalized spacial score (nSPS) is 14.2. The lowest BCUT2D eigenvalue weighted by Gasteiger charge is -2.32. The number of nitrogens with zero attached hydrogens (tertiary/aromatic N) is 4. The second-order valence-electron chi connectivity index (χ2n) is 15.1. The second-order valence-corrected chi connectivity index (χ2v) is 16.4. The number of aromatic nitrogens is 2. The van der Waals surface area contributed by atoms with Crippen LogP contribution < -0.4 is 30.2 Å². The highest BCUT2D eigenvalue weighted by Gasteiger charge is 2.23. The van der Waals surface area contributed by atoms with Gasteiger partial charge in [0.25, 0.3) is 5.91 Å². The zero-order valence-corrected chi connectivity index (χ0v) is 34.4. The van der Waals surface area contributed by atoms with Crippen LogP contribution in [0.4, 0.5) is 16.2 Å². The van der Waals surface area contributed by atoms with Crippen LogP contribution in [0.3, 0.4) is 0 Å². The van der Waals surface area contributed by atoms with E-state index >= 15 is 0 Å². The molecular formula is C43H51N7O6S. The molecule has 13 nitrogen and oxygen atoms in total. The van der Waals surface area contributed by atoms with Crippen LogP contribution in [0.25, 0.3) is 10.8 Å². The van der Waals surface area contributed by atoms with Crippen LogP contribution in [0.5, 0.6) is 23.1 Å². The van der Waals surface area contributed by atoms with Gasteiger partial charge in [0.1, 0.15) is 17.3 Å². The fourth-order valence-corrected chi connectivity index (χ4v) is 7.38. The number of ether oxygens (including phenoxy) is 3. The zero-order chi connectivity index (χ0) is 40.7. The molecule has 0 saturated carbocycles. The molecular weight excluding hydrogens is 743 g/mol. The van der Waals surface area contributed by atoms with Gasteiger partial charge in [0.05, 0.1) is 41.3 Å². The first-order valence-electron chi connectivity index (χ1n) is 18.8. The van der Waals surface area contributed by atoms with E-state index in [0.29, 0.717) is 63.8 Å². The van der Waals surface area contributed by atoms with Gasteiger partial charge in [0, 0.05) is 80.5 Å². The minimum absolute atomic E-state index is 0.164. The lowest BCUT2D eigenvalue weighted by molar-refractivity contribution is 0.0940. The molecule has 0 radical (unpaired) electrons. The number of rotatable bonds is 13. The Balaban J connectivity index is 1.16. The molecule has 1 saturated heterocycles. The quantitative estimate of drug-likeness (QED) is 0.118. The van der Waals surface area contributed by atoms with Crippen LogP contribution in [0, 0.1) is 0 Å². The Hall–Kier alpha value is -5.57. The number of urea groups is 1. The van der Waals surface area contributed by atoms with E-state index in [1.807, 2.05) is 48.5 Å². The predicted octanol–water partition coefficient (Wildman–Crippen LogP) is 6.69. The van der Waals surface area contributed by atoms with Crippen molar-refractivity contribution >= 4 is 44.9 Å². The summed E-state index contributed by atoms with van der Waals surface area (Å²) in [5.41, 5.74) is 2.94. The van der Waals surface area contributed by atoms with Gasteiger partial charge >= 0.3 is 6.03 Å². The summed E-state index contributed by atoms with van der Waals surface area (Å²) in [6.07, 6.45) is 3.56. The van der Waals surface area contributed by atoms with Gasteiger partial charge in [-0.1, -0.05) is 45.0 Å². The van der Waals surface area contributed by atoms with Crippen molar-refractivity contribution in [3.05, 3.63) is 102 Å². The van der Waals surface area contributed by atoms with Crippen LogP contribution in [0.1, 0.15) is 48.1 Å². The maximum absolute atomic E-state index is 13.5. The minimum Gasteiger partial charge on any atom is -0.497 e. The Morgan fingerprint density at radius 3 is 2.32 bits per heavy atom. The third kappa shape index (κ3) is 10.4. The predicted molar refractivity (Wildman–Crippen MR) is 225 cm³/mol. The SMILES string of the molecule is COc1cc(Cc2nccc(Oc3ccc(NC(=O)Nc4cc(C(C)(C)C)cc(S(C)=O)c4OC)c4ccccc34)n2)cc(C(=O)NCCN2CCN(C)CC2)c1. The maximum atomic E-state index is 13.5. The van der Waals surface area contributed by atoms with E-state index in [0.717, 1.165) is 54.6 Å². The minimum atomic E-state index is -1.35. The highest BCUT2D eigenvalue weighted by Crippen LogP contribution is 2.38. The smallest absolute Gasteiger partial charge is 0.323 e. The lowest BCUT2D eigenvalue weighted by atomic mass is 9.86. The molecule has 1 aromatic heterocycles. The maximum Gasteiger partial charge on any atom is 0.323 e. The van der Waals surface area contributed by atoms with Crippen molar-refractivity contribution < 1.29 is 28.0 Å². The number of carbonyl (C=O) groups excluding carboxylic acids is 2. The number of fused-ring (bicyclic) bond motifs is 1. The first-order chi connectivity index (χ1) is 27.3. The highest BCUT2D eigenvalue weighted by atomic mass is 32.2. The Bertz CT molecular complexity index is 2270. The van der Waals surface area contributed by atoms with Gasteiger partial charge in [-0.3, -0.25) is 13.9 Å². The summed E-state index contributed by atoms with van der Waals surface area (Å²) < 4.78 is 30.1. The van der Waals surface area contributed by atoms with Crippen molar-refractivity contribution in [1.82, 2.24) is 25.1 Å². The summed E-state index contributed by atoms with van der Waals surface area (Å²) in [5.74, 6) is 2.12. The van der Waals surface area contributed by atoms with Crippen LogP contribution >= 0.6 is 0 Å². The summed E-state index contributed by atoms with van der Waals surface area (Å²) in [7, 11) is 3.84. The summed E-state index contributed by atoms with van der Waals surface area (Å²) in [5, 5.41) is 10.4. The Labute approximate surface area is 336 Å². The van der Waals surface area contributed by atoms with E-state index in [4.69, 9.17) is 14.2 Å². The molecule has 4 aromatic carbocycles. The topological polar surface area (TPSA) is 147 Å². The Morgan fingerprint density at radius 1 is 0.877 bits per heavy atom. The van der Waals surface area contributed by atoms with Crippen LogP contribution in [0.2, 0.25) is 0 Å². The molecule has 3 N–H and O–H groups in total. The molecule has 6 rings (SSSR count). The third-order valence-electron chi connectivity index (χ3n) is 9.85. The van der Waals surface area contributed by atoms with E-state index in [1.54, 1.807) is 43.8 Å². The van der Waals surface area contributed by atoms with Crippen molar-refractivity contribution in [2.45, 2.75) is 37.5 Å². The second kappa shape index (κ2) is 18.1. The van der Waals surface area contributed by atoms with E-state index in [2.05, 4.69) is 63.5 Å². The van der Waals surface area contributed by atoms with Crippen molar-refractivity contribution in [3.63, 3.8) is 0 Å². The largest absolute Gasteiger partial charge is 0.497 e. The van der Waals surface area contributed by atoms with E-state index in [1.165, 1.54) is 7.11 Å². The summed E-state index contributed by atoms with van der Waals surface area (Å²) >= 11 is 0. The van der Waals surface area contributed by atoms with Gasteiger partial charge in [0.15, 0.2) is 5.75 Å². The average Bonchev–Trinajstić information content (AvgIpc) is 3.18. The molecule has 0 aliphatic carbocycles. The lowest BCUT2D eigenvalue weighted by Crippen LogP contribution is -2.46. The number of hydrogen-bond donors (Lipinski definition) is 3. The Morgan fingerprint density at radius 2 is 1.61 bits per heavy atom. The van der Waals surface area contributed by atoms with E-state index in [9.17, 15) is 13.8 Å². The molecule has 1 aliphatic heterocycles. The summed E-state index contributed by atoms with van der Waals surface area (Å²) in [4.78, 5) is 41.0. The standard InChI is InChI=1S/C43H51N7O6S/c1-43(2,3)30-26-35(40(55-6)37(27-30)57(7)53)47-42(52)46-34-12-13-36(33-11-9-8-10-32(33)34)56-39-14-15-44-38(48-39)24-28-22-29(25-31(23-28)54-5)41(51)45-16-17-50-20-18-49(4)19-21-50/h8-15,22-23,25-27H,16-21,24H2,1-7H3,(H,45,51)(H2,46,47,52). The number of anilines is 2. The van der Waals surface area contributed by atoms with Gasteiger partial charge in [-0.2, -0.15) is 4.98 Å². The highest BCUT2D eigenvalue weighted by molar-refractivity contribution is 7.84. The molecule has 5 aromatic rings. The molecule has 57 heavy (non-hydrogen) atoms. The monoisotopic (exact) mass is 793 g/mol. The first-order valence-corrected chi connectivity index (χ1v) is 20.4. The van der Waals surface area contributed by atoms with Crippen LogP contribution in [-0.2, 0) is 22.6 Å². The van der Waals surface area contributed by atoms with Gasteiger partial charge in [-0.25, -0.2) is 9.78 Å². The molecule has 2 heterocycles. The third-order valence-corrected chi connectivity index (χ3v) is 10.8. The first kappa shape index (κ1) is 41.1. The number of benzene rings is 4. The molecule has 3 amide bonds. The number of amides is 3. The molecule has 1 fully saturated rings. The number of hydrogen-bond acceptors (Lipinski definition) is 10. The molecule has 1 unspecified atom stereocenters. The van der Waals surface area contributed by atoms with Crippen LogP contribution in [0.15, 0.2) is 83.9 Å². The van der Waals surface area contributed by atoms with Crippen molar-refractivity contribution in [2.24, 2.45) is 0 Å². The molecule has 1 aliphatic rings. The van der Waals surface area contributed by atoms with Gasteiger partial charge < -0.3 is 35.1 Å². The van der Waals surface area contributed by atoms with Gasteiger partial charge in [-0.05, 0) is 66.1 Å². The van der Waals surface area contributed by atoms with Crippen molar-refractivity contribution in [3.8, 4) is 23.1 Å². The number of piperazine rings is 1. The van der Waals surface area contributed by atoms with Crippen molar-refractivity contribution in [2.75, 3.05) is 77.4 Å². The molecule has 1 atom stereocenters. The number of carbonyl (C=O) groups is 2. The fourth-order valence-electron chi connectivity index (χ4n) is 6.63. The molecule has 300 valence electrons. The van der Waals surface area contributed by atoms with Crippen LogP contribution in [-0.4, -0.2) is 103 Å². The van der Waals surface area contributed by atoms with Crippen molar-refractivity contribution in [1.29, 1.82) is 0 Å². The molecule has 14 heteroatoms. The summed E-state index contributed by atoms with van der Waals surface area (Å²) in [6, 6.07) is 21.4. The number of methoxy groups -OCH3 is 2. The van der Waals surface area contributed by atoms with E-state index in [-0.39, 0.29) is 11.3 Å². The van der Waals surface area contributed by atoms with E-state index < -0.39 is 16.8 Å². The Kier molecular flexibility index (Phi) is 13.1. The van der Waals surface area contributed by atoms with Gasteiger partial charge in [-0.15, -0.1) is 0 Å². The average molecular weight is 794 g/mol. The molecule has 0 spiro atoms.